The van der Waals surface area contributed by atoms with E-state index in [0.717, 1.165) is 0 Å². The molecule has 0 bridgehead atoms. The lowest BCUT2D eigenvalue weighted by molar-refractivity contribution is -0.324. The summed E-state index contributed by atoms with van der Waals surface area (Å²) >= 11 is 0. The average Bonchev–Trinajstić information content (AvgIpc) is 2.97. The predicted octanol–water partition coefficient (Wildman–Crippen LogP) is -0.449. The van der Waals surface area contributed by atoms with Crippen LogP contribution in [0.15, 0.2) is 24.3 Å². The van der Waals surface area contributed by atoms with Crippen molar-refractivity contribution in [2.45, 2.75) is 12.1 Å². The largest absolute Gasteiger partial charge is 0.490 e. The lowest BCUT2D eigenvalue weighted by Crippen LogP contribution is -2.25. The molecule has 1 heterocycles. The van der Waals surface area contributed by atoms with Crippen molar-refractivity contribution in [1.29, 1.82) is 0 Å². The summed E-state index contributed by atoms with van der Waals surface area (Å²) in [6.45, 7) is 0.998. The number of para-hydroxylation sites is 1. The van der Waals surface area contributed by atoms with Crippen LogP contribution < -0.4 is 4.74 Å². The zero-order valence-electron chi connectivity index (χ0n) is 7.96. The summed E-state index contributed by atoms with van der Waals surface area (Å²) in [7, 11) is 0. The molecule has 1 atom stereocenters. The van der Waals surface area contributed by atoms with E-state index >= 15 is 0 Å². The number of benzene rings is 1. The number of epoxide rings is 1. The van der Waals surface area contributed by atoms with Crippen LogP contribution in [0.5, 0.6) is 5.75 Å². The molecule has 1 aliphatic rings. The van der Waals surface area contributed by atoms with Gasteiger partial charge in [0.05, 0.1) is 12.2 Å². The first kappa shape index (κ1) is 10.4. The van der Waals surface area contributed by atoms with Crippen LogP contribution in [0.1, 0.15) is 5.56 Å². The van der Waals surface area contributed by atoms with Crippen molar-refractivity contribution in [3.05, 3.63) is 29.8 Å². The summed E-state index contributed by atoms with van der Waals surface area (Å²) in [6, 6.07) is 6.18. The third kappa shape index (κ3) is 2.66. The van der Waals surface area contributed by atoms with E-state index in [-0.39, 0.29) is 17.4 Å². The van der Waals surface area contributed by atoms with E-state index in [1.807, 2.05) is 0 Å². The maximum absolute atomic E-state index is 9.05. The molecule has 1 aromatic rings. The Balaban J connectivity index is 2.13. The lowest BCUT2D eigenvalue weighted by Gasteiger charge is -2.18. The average molecular weight is 212 g/mol. The minimum atomic E-state index is -2.87. The van der Waals surface area contributed by atoms with Crippen molar-refractivity contribution in [2.75, 3.05) is 13.2 Å². The predicted molar refractivity (Wildman–Crippen MR) is 50.0 cm³/mol. The number of hydrogen-bond donors (Lipinski definition) is 3. The van der Waals surface area contributed by atoms with Gasteiger partial charge in [0.25, 0.3) is 0 Å². The number of rotatable bonds is 4. The zero-order chi connectivity index (χ0) is 10.9. The van der Waals surface area contributed by atoms with Gasteiger partial charge in [-0.15, -0.1) is 0 Å². The van der Waals surface area contributed by atoms with Crippen LogP contribution in [0.2, 0.25) is 0 Å². The SMILES string of the molecule is OC(O)(O)c1ccccc1OCC1CO1. The maximum Gasteiger partial charge on any atom is 0.308 e. The summed E-state index contributed by atoms with van der Waals surface area (Å²) in [6.07, 6.45) is 0.0727. The van der Waals surface area contributed by atoms with Gasteiger partial charge in [-0.25, -0.2) is 0 Å². The van der Waals surface area contributed by atoms with E-state index in [2.05, 4.69) is 0 Å². The molecule has 1 aromatic carbocycles. The van der Waals surface area contributed by atoms with Crippen LogP contribution in [-0.4, -0.2) is 34.6 Å². The molecule has 5 nitrogen and oxygen atoms in total. The van der Waals surface area contributed by atoms with Gasteiger partial charge >= 0.3 is 5.97 Å². The third-order valence-electron chi connectivity index (χ3n) is 2.08. The summed E-state index contributed by atoms with van der Waals surface area (Å²) in [5.41, 5.74) is -0.0781. The number of aliphatic hydroxyl groups is 3. The quantitative estimate of drug-likeness (QED) is 0.465. The molecule has 82 valence electrons. The van der Waals surface area contributed by atoms with Crippen molar-refractivity contribution in [1.82, 2.24) is 0 Å². The van der Waals surface area contributed by atoms with Crippen LogP contribution in [0.4, 0.5) is 0 Å². The Bertz CT molecular complexity index is 340. The molecule has 2 rings (SSSR count). The molecular weight excluding hydrogens is 200 g/mol. The Labute approximate surface area is 86.5 Å². The highest BCUT2D eigenvalue weighted by Crippen LogP contribution is 2.26. The molecular formula is C10H12O5. The van der Waals surface area contributed by atoms with E-state index in [1.54, 1.807) is 18.2 Å². The Morgan fingerprint density at radius 2 is 2.00 bits per heavy atom. The molecule has 0 radical (unpaired) electrons. The maximum atomic E-state index is 9.05. The highest BCUT2D eigenvalue weighted by molar-refractivity contribution is 5.35. The van der Waals surface area contributed by atoms with E-state index in [9.17, 15) is 0 Å². The van der Waals surface area contributed by atoms with Gasteiger partial charge in [-0.1, -0.05) is 12.1 Å². The van der Waals surface area contributed by atoms with Gasteiger partial charge in [-0.3, -0.25) is 0 Å². The van der Waals surface area contributed by atoms with Crippen LogP contribution >= 0.6 is 0 Å². The normalized spacial score (nSPS) is 20.1. The molecule has 1 aliphatic heterocycles. The van der Waals surface area contributed by atoms with Crippen molar-refractivity contribution < 1.29 is 24.8 Å². The summed E-state index contributed by atoms with van der Waals surface area (Å²) in [5, 5.41) is 27.2. The minimum absolute atomic E-state index is 0.0727. The summed E-state index contributed by atoms with van der Waals surface area (Å²) < 4.78 is 10.2. The van der Waals surface area contributed by atoms with Crippen LogP contribution in [0.3, 0.4) is 0 Å². The van der Waals surface area contributed by atoms with Crippen LogP contribution in [0.25, 0.3) is 0 Å². The first-order valence-corrected chi connectivity index (χ1v) is 4.58. The van der Waals surface area contributed by atoms with Crippen LogP contribution in [0, 0.1) is 0 Å². The molecule has 1 saturated heterocycles. The van der Waals surface area contributed by atoms with Gasteiger partial charge in [0.2, 0.25) is 0 Å². The van der Waals surface area contributed by atoms with Crippen molar-refractivity contribution >= 4 is 0 Å². The van der Waals surface area contributed by atoms with Gasteiger partial charge in [-0.05, 0) is 12.1 Å². The molecule has 1 fully saturated rings. The molecule has 0 amide bonds. The first-order valence-electron chi connectivity index (χ1n) is 4.58. The summed E-state index contributed by atoms with van der Waals surface area (Å²) in [4.78, 5) is 0. The van der Waals surface area contributed by atoms with Gasteiger partial charge in [0.15, 0.2) is 0 Å². The van der Waals surface area contributed by atoms with E-state index in [4.69, 9.17) is 24.8 Å². The van der Waals surface area contributed by atoms with E-state index in [1.165, 1.54) is 6.07 Å². The number of hydrogen-bond acceptors (Lipinski definition) is 5. The molecule has 3 N–H and O–H groups in total. The fourth-order valence-electron chi connectivity index (χ4n) is 1.22. The van der Waals surface area contributed by atoms with Gasteiger partial charge < -0.3 is 24.8 Å². The van der Waals surface area contributed by atoms with Gasteiger partial charge in [0, 0.05) is 0 Å². The van der Waals surface area contributed by atoms with E-state index < -0.39 is 5.97 Å². The van der Waals surface area contributed by atoms with Crippen molar-refractivity contribution in [2.24, 2.45) is 0 Å². The Kier molecular flexibility index (Phi) is 2.62. The summed E-state index contributed by atoms with van der Waals surface area (Å²) in [5.74, 6) is -2.64. The van der Waals surface area contributed by atoms with Crippen molar-refractivity contribution in [3.63, 3.8) is 0 Å². The lowest BCUT2D eigenvalue weighted by atomic mass is 10.1. The topological polar surface area (TPSA) is 82.5 Å². The molecule has 0 aliphatic carbocycles. The third-order valence-corrected chi connectivity index (χ3v) is 2.08. The van der Waals surface area contributed by atoms with Gasteiger partial charge in [0.1, 0.15) is 18.5 Å². The Morgan fingerprint density at radius 3 is 2.60 bits per heavy atom. The molecule has 5 heteroatoms. The highest BCUT2D eigenvalue weighted by Gasteiger charge is 2.28. The van der Waals surface area contributed by atoms with Crippen LogP contribution in [-0.2, 0) is 10.7 Å². The Morgan fingerprint density at radius 1 is 1.33 bits per heavy atom. The van der Waals surface area contributed by atoms with E-state index in [0.29, 0.717) is 13.2 Å². The first-order chi connectivity index (χ1) is 7.07. The highest BCUT2D eigenvalue weighted by atomic mass is 16.7. The molecule has 15 heavy (non-hydrogen) atoms. The molecule has 0 aromatic heterocycles. The van der Waals surface area contributed by atoms with Gasteiger partial charge in [-0.2, -0.15) is 0 Å². The fraction of sp³-hybridized carbons (Fsp3) is 0.400. The standard InChI is InChI=1S/C10H12O5/c11-10(12,13)8-3-1-2-4-9(8)15-6-7-5-14-7/h1-4,7,11-13H,5-6H2. The van der Waals surface area contributed by atoms with Crippen molar-refractivity contribution in [3.8, 4) is 5.75 Å². The second-order valence-electron chi connectivity index (χ2n) is 3.40. The second-order valence-corrected chi connectivity index (χ2v) is 3.40. The number of ether oxygens (including phenoxy) is 2. The zero-order valence-corrected chi connectivity index (χ0v) is 7.96. The molecule has 0 spiro atoms. The fourth-order valence-corrected chi connectivity index (χ4v) is 1.22. The molecule has 0 saturated carbocycles. The second kappa shape index (κ2) is 3.79. The Hall–Kier alpha value is -1.14. The molecule has 1 unspecified atom stereocenters. The monoisotopic (exact) mass is 212 g/mol. The minimum Gasteiger partial charge on any atom is -0.490 e. The smallest absolute Gasteiger partial charge is 0.308 e.